The molecule has 3 aliphatic rings. The normalized spacial score (nSPS) is 27.5. The molecule has 1 unspecified atom stereocenters. The number of hydrogen-bond acceptors (Lipinski definition) is 4. The molecule has 2 aliphatic carbocycles. The van der Waals surface area contributed by atoms with Gasteiger partial charge in [0.05, 0.1) is 4.90 Å². The minimum atomic E-state index is -3.65. The highest BCUT2D eigenvalue weighted by molar-refractivity contribution is 7.89. The number of rotatable bonds is 8. The number of carbonyl (C=O) groups is 1. The van der Waals surface area contributed by atoms with E-state index in [2.05, 4.69) is 10.0 Å². The van der Waals surface area contributed by atoms with Crippen LogP contribution in [0.25, 0.3) is 10.8 Å². The number of benzene rings is 2. The molecule has 37 heavy (non-hydrogen) atoms. The number of sulfonamides is 1. The number of amides is 1. The maximum atomic E-state index is 13.4. The minimum absolute atomic E-state index is 0.00724. The summed E-state index contributed by atoms with van der Waals surface area (Å²) in [6, 6.07) is 12.9. The van der Waals surface area contributed by atoms with Crippen molar-refractivity contribution in [3.05, 3.63) is 42.5 Å². The number of fused-ring (bicyclic) bond motifs is 1. The molecular weight excluding hydrogens is 484 g/mol. The van der Waals surface area contributed by atoms with Crippen LogP contribution in [0.5, 0.6) is 0 Å². The molecule has 5 rings (SSSR count). The number of hydrogen-bond donors (Lipinski definition) is 3. The molecule has 2 aromatic rings. The molecule has 0 spiro atoms. The highest BCUT2D eigenvalue weighted by atomic mass is 32.2. The molecule has 3 atom stereocenters. The van der Waals surface area contributed by atoms with Crippen LogP contribution in [0, 0.1) is 17.2 Å². The van der Waals surface area contributed by atoms with E-state index < -0.39 is 15.6 Å². The summed E-state index contributed by atoms with van der Waals surface area (Å²) in [4.78, 5) is 15.1. The second kappa shape index (κ2) is 10.7. The van der Waals surface area contributed by atoms with Crippen LogP contribution in [0.15, 0.2) is 47.4 Å². The zero-order valence-corrected chi connectivity index (χ0v) is 22.7. The molecule has 3 N–H and O–H groups in total. The standard InChI is InChI=1S/C29H40N4O3S/c1-33-27(34)29(31-28(33)30,17-16-21-8-3-2-4-9-21)20-22-10-7-13-25(18-22)32-37(35,36)26-15-14-23-11-5-6-12-24(23)19-26/h5-6,11-12,14-15,19,21-22,25,32H,2-4,7-10,13,16-18,20H2,1H3,(H2,30,31)/t22?,25-,29-/m1/s1. The Balaban J connectivity index is 1.27. The van der Waals surface area contributed by atoms with Crippen LogP contribution >= 0.6 is 0 Å². The fourth-order valence-corrected chi connectivity index (χ4v) is 8.14. The first-order chi connectivity index (χ1) is 17.8. The Kier molecular flexibility index (Phi) is 7.59. The van der Waals surface area contributed by atoms with Crippen molar-refractivity contribution in [1.82, 2.24) is 14.9 Å². The number of carbonyl (C=O) groups excluding carboxylic acids is 1. The van der Waals surface area contributed by atoms with Gasteiger partial charge in [-0.25, -0.2) is 13.1 Å². The Morgan fingerprint density at radius 3 is 2.46 bits per heavy atom. The Morgan fingerprint density at radius 2 is 1.73 bits per heavy atom. The van der Waals surface area contributed by atoms with Gasteiger partial charge in [0.1, 0.15) is 5.54 Å². The molecule has 0 bridgehead atoms. The van der Waals surface area contributed by atoms with E-state index in [1.165, 1.54) is 37.0 Å². The lowest BCUT2D eigenvalue weighted by atomic mass is 9.74. The third-order valence-electron chi connectivity index (χ3n) is 8.88. The minimum Gasteiger partial charge on any atom is -0.342 e. The third kappa shape index (κ3) is 5.70. The predicted octanol–water partition coefficient (Wildman–Crippen LogP) is 5.16. The fourth-order valence-electron chi connectivity index (χ4n) is 6.82. The van der Waals surface area contributed by atoms with Gasteiger partial charge in [-0.05, 0) is 66.8 Å². The summed E-state index contributed by atoms with van der Waals surface area (Å²) in [5.74, 6) is 1.05. The smallest absolute Gasteiger partial charge is 0.254 e. The molecule has 1 aliphatic heterocycles. The van der Waals surface area contributed by atoms with Gasteiger partial charge in [0.2, 0.25) is 10.0 Å². The number of nitrogens with one attached hydrogen (secondary N) is 3. The van der Waals surface area contributed by atoms with Crippen LogP contribution in [0.4, 0.5) is 0 Å². The van der Waals surface area contributed by atoms with Gasteiger partial charge < -0.3 is 5.32 Å². The highest BCUT2D eigenvalue weighted by Crippen LogP contribution is 2.38. The van der Waals surface area contributed by atoms with Crippen molar-refractivity contribution in [1.29, 1.82) is 5.41 Å². The summed E-state index contributed by atoms with van der Waals surface area (Å²) in [7, 11) is -1.96. The molecule has 0 aromatic heterocycles. The quantitative estimate of drug-likeness (QED) is 0.444. The van der Waals surface area contributed by atoms with Gasteiger partial charge in [0.15, 0.2) is 5.96 Å². The first kappa shape index (κ1) is 26.2. The van der Waals surface area contributed by atoms with Crippen molar-refractivity contribution >= 4 is 32.7 Å². The molecule has 0 radical (unpaired) electrons. The lowest BCUT2D eigenvalue weighted by Gasteiger charge is -2.36. The topological polar surface area (TPSA) is 102 Å². The van der Waals surface area contributed by atoms with E-state index in [-0.39, 0.29) is 23.8 Å². The third-order valence-corrected chi connectivity index (χ3v) is 10.4. The summed E-state index contributed by atoms with van der Waals surface area (Å²) in [5.41, 5.74) is -0.743. The first-order valence-corrected chi connectivity index (χ1v) is 15.4. The Morgan fingerprint density at radius 1 is 1.00 bits per heavy atom. The summed E-state index contributed by atoms with van der Waals surface area (Å²) < 4.78 is 29.5. The second-order valence-electron chi connectivity index (χ2n) is 11.5. The van der Waals surface area contributed by atoms with Gasteiger partial charge in [0, 0.05) is 13.1 Å². The monoisotopic (exact) mass is 524 g/mol. The van der Waals surface area contributed by atoms with E-state index in [4.69, 9.17) is 5.41 Å². The molecule has 1 heterocycles. The Labute approximate surface area is 220 Å². The van der Waals surface area contributed by atoms with Gasteiger partial charge in [0.25, 0.3) is 5.91 Å². The van der Waals surface area contributed by atoms with Crippen molar-refractivity contribution in [3.8, 4) is 0 Å². The highest BCUT2D eigenvalue weighted by Gasteiger charge is 2.49. The zero-order chi connectivity index (χ0) is 26.0. The maximum Gasteiger partial charge on any atom is 0.254 e. The van der Waals surface area contributed by atoms with Crippen LogP contribution in [0.2, 0.25) is 0 Å². The predicted molar refractivity (Wildman–Crippen MR) is 147 cm³/mol. The summed E-state index contributed by atoms with van der Waals surface area (Å²) in [5, 5.41) is 13.5. The van der Waals surface area contributed by atoms with E-state index in [1.54, 1.807) is 19.2 Å². The largest absolute Gasteiger partial charge is 0.342 e. The van der Waals surface area contributed by atoms with Crippen molar-refractivity contribution < 1.29 is 13.2 Å². The van der Waals surface area contributed by atoms with E-state index in [0.29, 0.717) is 23.7 Å². The molecule has 3 fully saturated rings. The van der Waals surface area contributed by atoms with Crippen molar-refractivity contribution in [2.75, 3.05) is 7.05 Å². The van der Waals surface area contributed by atoms with Gasteiger partial charge >= 0.3 is 0 Å². The Hall–Kier alpha value is -2.45. The summed E-state index contributed by atoms with van der Waals surface area (Å²) in [6.07, 6.45) is 12.1. The van der Waals surface area contributed by atoms with E-state index in [1.807, 2.05) is 30.3 Å². The van der Waals surface area contributed by atoms with Gasteiger partial charge in [-0.1, -0.05) is 75.3 Å². The molecule has 1 amide bonds. The first-order valence-electron chi connectivity index (χ1n) is 13.9. The van der Waals surface area contributed by atoms with Crippen LogP contribution in [-0.4, -0.2) is 43.8 Å². The lowest BCUT2D eigenvalue weighted by molar-refractivity contribution is -0.131. The number of nitrogens with zero attached hydrogens (tertiary/aromatic N) is 1. The van der Waals surface area contributed by atoms with Gasteiger partial charge in [-0.3, -0.25) is 15.1 Å². The van der Waals surface area contributed by atoms with Gasteiger partial charge in [-0.2, -0.15) is 0 Å². The molecular formula is C29H40N4O3S. The van der Waals surface area contributed by atoms with Crippen LogP contribution < -0.4 is 10.0 Å². The number of likely N-dealkylation sites (N-methyl/N-ethyl adjacent to an activating group) is 1. The molecule has 7 nitrogen and oxygen atoms in total. The molecule has 200 valence electrons. The van der Waals surface area contributed by atoms with E-state index in [9.17, 15) is 13.2 Å². The molecule has 8 heteroatoms. The summed E-state index contributed by atoms with van der Waals surface area (Å²) >= 11 is 0. The van der Waals surface area contributed by atoms with Crippen LogP contribution in [0.1, 0.15) is 77.0 Å². The van der Waals surface area contributed by atoms with Crippen molar-refractivity contribution in [3.63, 3.8) is 0 Å². The van der Waals surface area contributed by atoms with E-state index >= 15 is 0 Å². The molecule has 1 saturated heterocycles. The van der Waals surface area contributed by atoms with Crippen molar-refractivity contribution in [2.45, 2.75) is 93.5 Å². The van der Waals surface area contributed by atoms with Crippen LogP contribution in [0.3, 0.4) is 0 Å². The second-order valence-corrected chi connectivity index (χ2v) is 13.2. The SMILES string of the molecule is CN1C(=N)N[C@](CCC2CCCCC2)(CC2CCC[C@@H](NS(=O)(=O)c3ccc4ccccc4c3)C2)C1=O. The molecule has 2 aromatic carbocycles. The van der Waals surface area contributed by atoms with Crippen LogP contribution in [-0.2, 0) is 14.8 Å². The van der Waals surface area contributed by atoms with Crippen molar-refractivity contribution in [2.24, 2.45) is 11.8 Å². The summed E-state index contributed by atoms with van der Waals surface area (Å²) in [6.45, 7) is 0. The maximum absolute atomic E-state index is 13.4. The van der Waals surface area contributed by atoms with E-state index in [0.717, 1.165) is 42.9 Å². The fraction of sp³-hybridized carbons (Fsp3) is 0.586. The average molecular weight is 525 g/mol. The average Bonchev–Trinajstić information content (AvgIpc) is 3.11. The zero-order valence-electron chi connectivity index (χ0n) is 21.8. The number of guanidine groups is 1. The van der Waals surface area contributed by atoms with Gasteiger partial charge in [-0.15, -0.1) is 0 Å². The lowest BCUT2D eigenvalue weighted by Crippen LogP contribution is -2.50. The Bertz CT molecular complexity index is 1260. The molecule has 2 saturated carbocycles.